The van der Waals surface area contributed by atoms with Gasteiger partial charge in [-0.15, -0.1) is 0 Å². The number of carbonyl (C=O) groups excluding carboxylic acids is 2. The third-order valence-corrected chi connectivity index (χ3v) is 2.70. The maximum atomic E-state index is 11.5. The van der Waals surface area contributed by atoms with Crippen molar-refractivity contribution in [2.75, 3.05) is 14.2 Å². The predicted molar refractivity (Wildman–Crippen MR) is 79.1 cm³/mol. The highest BCUT2D eigenvalue weighted by Gasteiger charge is 2.12. The summed E-state index contributed by atoms with van der Waals surface area (Å²) in [6.07, 6.45) is 2.37. The SMILES string of the molecule is CCCC(=O)Oc1ccc(C=C(C#N)C(=O)OC)cc1OC. The molecule has 0 bridgehead atoms. The van der Waals surface area contributed by atoms with Gasteiger partial charge in [0.15, 0.2) is 11.5 Å². The van der Waals surface area contributed by atoms with E-state index < -0.39 is 5.97 Å². The molecule has 22 heavy (non-hydrogen) atoms. The molecule has 1 aromatic carbocycles. The number of benzene rings is 1. The summed E-state index contributed by atoms with van der Waals surface area (Å²) >= 11 is 0. The van der Waals surface area contributed by atoms with Crippen molar-refractivity contribution < 1.29 is 23.8 Å². The van der Waals surface area contributed by atoms with Crippen molar-refractivity contribution >= 4 is 18.0 Å². The second-order valence-corrected chi connectivity index (χ2v) is 4.30. The second kappa shape index (κ2) is 8.47. The fraction of sp³-hybridized carbons (Fsp3) is 0.312. The van der Waals surface area contributed by atoms with E-state index in [-0.39, 0.29) is 17.3 Å². The number of hydrogen-bond acceptors (Lipinski definition) is 6. The van der Waals surface area contributed by atoms with Gasteiger partial charge in [0.1, 0.15) is 11.6 Å². The Morgan fingerprint density at radius 3 is 2.55 bits per heavy atom. The Morgan fingerprint density at radius 2 is 2.00 bits per heavy atom. The van der Waals surface area contributed by atoms with Gasteiger partial charge in [-0.05, 0) is 30.2 Å². The second-order valence-electron chi connectivity index (χ2n) is 4.30. The molecule has 1 rings (SSSR count). The first-order valence-corrected chi connectivity index (χ1v) is 6.64. The van der Waals surface area contributed by atoms with Crippen LogP contribution in [0, 0.1) is 11.3 Å². The minimum atomic E-state index is -0.722. The van der Waals surface area contributed by atoms with Gasteiger partial charge in [0, 0.05) is 6.42 Å². The number of hydrogen-bond donors (Lipinski definition) is 0. The lowest BCUT2D eigenvalue weighted by Crippen LogP contribution is -2.08. The van der Waals surface area contributed by atoms with E-state index in [0.29, 0.717) is 24.2 Å². The molecule has 0 saturated heterocycles. The molecule has 0 saturated carbocycles. The highest BCUT2D eigenvalue weighted by Crippen LogP contribution is 2.29. The molecule has 0 aliphatic carbocycles. The average Bonchev–Trinajstić information content (AvgIpc) is 2.53. The standard InChI is InChI=1S/C16H17NO5/c1-4-5-15(18)22-13-7-6-11(9-14(13)20-2)8-12(10-17)16(19)21-3/h6-9H,4-5H2,1-3H3. The van der Waals surface area contributed by atoms with Crippen LogP contribution in [0.2, 0.25) is 0 Å². The summed E-state index contributed by atoms with van der Waals surface area (Å²) in [6.45, 7) is 1.88. The van der Waals surface area contributed by atoms with Crippen LogP contribution in [0.15, 0.2) is 23.8 Å². The van der Waals surface area contributed by atoms with E-state index in [9.17, 15) is 9.59 Å². The van der Waals surface area contributed by atoms with E-state index in [0.717, 1.165) is 0 Å². The minimum Gasteiger partial charge on any atom is -0.493 e. The third kappa shape index (κ3) is 4.63. The molecule has 116 valence electrons. The predicted octanol–water partition coefficient (Wildman–Crippen LogP) is 2.48. The van der Waals surface area contributed by atoms with Gasteiger partial charge in [-0.1, -0.05) is 13.0 Å². The number of carbonyl (C=O) groups is 2. The normalized spacial score (nSPS) is 10.5. The fourth-order valence-corrected chi connectivity index (χ4v) is 1.65. The quantitative estimate of drug-likeness (QED) is 0.347. The number of nitrogens with zero attached hydrogens (tertiary/aromatic N) is 1. The Bertz CT molecular complexity index is 628. The minimum absolute atomic E-state index is 0.139. The van der Waals surface area contributed by atoms with Gasteiger partial charge in [-0.2, -0.15) is 5.26 Å². The van der Waals surface area contributed by atoms with Crippen LogP contribution in [-0.4, -0.2) is 26.2 Å². The zero-order valence-electron chi connectivity index (χ0n) is 12.7. The molecule has 0 aliphatic heterocycles. The third-order valence-electron chi connectivity index (χ3n) is 2.70. The molecule has 0 spiro atoms. The topological polar surface area (TPSA) is 85.6 Å². The summed E-state index contributed by atoms with van der Waals surface area (Å²) in [4.78, 5) is 22.9. The molecule has 0 N–H and O–H groups in total. The molecule has 0 fully saturated rings. The zero-order chi connectivity index (χ0) is 16.5. The summed E-state index contributed by atoms with van der Waals surface area (Å²) in [6, 6.07) is 6.48. The Kier molecular flexibility index (Phi) is 6.64. The van der Waals surface area contributed by atoms with Crippen molar-refractivity contribution in [3.05, 3.63) is 29.3 Å². The van der Waals surface area contributed by atoms with Crippen LogP contribution in [0.3, 0.4) is 0 Å². The summed E-state index contributed by atoms with van der Waals surface area (Å²) < 4.78 is 14.9. The van der Waals surface area contributed by atoms with Crippen molar-refractivity contribution in [1.29, 1.82) is 5.26 Å². The van der Waals surface area contributed by atoms with E-state index in [1.54, 1.807) is 24.3 Å². The molecule has 0 atom stereocenters. The largest absolute Gasteiger partial charge is 0.493 e. The highest BCUT2D eigenvalue weighted by atomic mass is 16.6. The highest BCUT2D eigenvalue weighted by molar-refractivity contribution is 5.97. The van der Waals surface area contributed by atoms with Crippen molar-refractivity contribution in [1.82, 2.24) is 0 Å². The lowest BCUT2D eigenvalue weighted by Gasteiger charge is -2.09. The van der Waals surface area contributed by atoms with Gasteiger partial charge in [0.2, 0.25) is 0 Å². The molecular weight excluding hydrogens is 286 g/mol. The molecule has 0 amide bonds. The summed E-state index contributed by atoms with van der Waals surface area (Å²) in [5.74, 6) is -0.452. The number of nitriles is 1. The van der Waals surface area contributed by atoms with Crippen LogP contribution in [0.25, 0.3) is 6.08 Å². The molecule has 0 heterocycles. The van der Waals surface area contributed by atoms with Gasteiger partial charge in [0.05, 0.1) is 14.2 Å². The number of ether oxygens (including phenoxy) is 3. The molecule has 0 aromatic heterocycles. The van der Waals surface area contributed by atoms with Gasteiger partial charge in [-0.25, -0.2) is 4.79 Å². The summed E-state index contributed by atoms with van der Waals surface area (Å²) in [7, 11) is 2.63. The van der Waals surface area contributed by atoms with E-state index in [1.165, 1.54) is 20.3 Å². The maximum absolute atomic E-state index is 11.5. The van der Waals surface area contributed by atoms with Gasteiger partial charge < -0.3 is 14.2 Å². The smallest absolute Gasteiger partial charge is 0.348 e. The summed E-state index contributed by atoms with van der Waals surface area (Å²) in [5.41, 5.74) is 0.411. The first-order valence-electron chi connectivity index (χ1n) is 6.64. The van der Waals surface area contributed by atoms with Crippen LogP contribution in [-0.2, 0) is 14.3 Å². The van der Waals surface area contributed by atoms with Gasteiger partial charge >= 0.3 is 11.9 Å². The molecule has 0 unspecified atom stereocenters. The molecular formula is C16H17NO5. The fourth-order valence-electron chi connectivity index (χ4n) is 1.65. The first kappa shape index (κ1) is 17.2. The summed E-state index contributed by atoms with van der Waals surface area (Å²) in [5, 5.41) is 8.93. The molecule has 6 nitrogen and oxygen atoms in total. The van der Waals surface area contributed by atoms with E-state index in [4.69, 9.17) is 14.7 Å². The maximum Gasteiger partial charge on any atom is 0.348 e. The Hall–Kier alpha value is -2.81. The monoisotopic (exact) mass is 303 g/mol. The van der Waals surface area contributed by atoms with Crippen LogP contribution in [0.5, 0.6) is 11.5 Å². The number of methoxy groups -OCH3 is 2. The number of esters is 2. The zero-order valence-corrected chi connectivity index (χ0v) is 12.7. The number of rotatable bonds is 6. The van der Waals surface area contributed by atoms with Crippen molar-refractivity contribution in [2.24, 2.45) is 0 Å². The Morgan fingerprint density at radius 1 is 1.27 bits per heavy atom. The Balaban J connectivity index is 3.07. The van der Waals surface area contributed by atoms with Gasteiger partial charge in [0.25, 0.3) is 0 Å². The van der Waals surface area contributed by atoms with Crippen molar-refractivity contribution in [2.45, 2.75) is 19.8 Å². The molecule has 0 radical (unpaired) electrons. The first-order chi connectivity index (χ1) is 10.5. The lowest BCUT2D eigenvalue weighted by molar-refractivity contribution is -0.136. The van der Waals surface area contributed by atoms with Crippen molar-refractivity contribution in [3.63, 3.8) is 0 Å². The molecule has 6 heteroatoms. The molecule has 1 aromatic rings. The van der Waals surface area contributed by atoms with Crippen LogP contribution in [0.1, 0.15) is 25.3 Å². The molecule has 0 aliphatic rings. The van der Waals surface area contributed by atoms with Gasteiger partial charge in [-0.3, -0.25) is 4.79 Å². The van der Waals surface area contributed by atoms with E-state index >= 15 is 0 Å². The lowest BCUT2D eigenvalue weighted by atomic mass is 10.1. The van der Waals surface area contributed by atoms with E-state index in [2.05, 4.69) is 4.74 Å². The van der Waals surface area contributed by atoms with Crippen LogP contribution < -0.4 is 9.47 Å². The average molecular weight is 303 g/mol. The van der Waals surface area contributed by atoms with E-state index in [1.807, 2.05) is 6.92 Å². The van der Waals surface area contributed by atoms with Crippen LogP contribution >= 0.6 is 0 Å². The Labute approximate surface area is 128 Å². The van der Waals surface area contributed by atoms with Crippen molar-refractivity contribution in [3.8, 4) is 17.6 Å². The van der Waals surface area contributed by atoms with Crippen LogP contribution in [0.4, 0.5) is 0 Å².